The van der Waals surface area contributed by atoms with E-state index < -0.39 is 0 Å². The fraction of sp³-hybridized carbons (Fsp3) is 0.267. The van der Waals surface area contributed by atoms with Crippen molar-refractivity contribution in [2.75, 3.05) is 6.54 Å². The molecule has 0 aliphatic carbocycles. The SMILES string of the molecule is Cc1cc(C)n(Cc2ccc(F)cc2C#CCN)n1. The Balaban J connectivity index is 2.36. The summed E-state index contributed by atoms with van der Waals surface area (Å²) < 4.78 is 15.2. The highest BCUT2D eigenvalue weighted by molar-refractivity contribution is 5.42. The third kappa shape index (κ3) is 3.21. The molecule has 0 radical (unpaired) electrons. The third-order valence-corrected chi connectivity index (χ3v) is 2.82. The Hall–Kier alpha value is -2.12. The highest BCUT2D eigenvalue weighted by atomic mass is 19.1. The van der Waals surface area contributed by atoms with Crippen molar-refractivity contribution >= 4 is 0 Å². The van der Waals surface area contributed by atoms with Crippen molar-refractivity contribution in [2.45, 2.75) is 20.4 Å². The molecule has 0 amide bonds. The van der Waals surface area contributed by atoms with Gasteiger partial charge in [-0.15, -0.1) is 0 Å². The van der Waals surface area contributed by atoms with Crippen LogP contribution in [0.15, 0.2) is 24.3 Å². The van der Waals surface area contributed by atoms with Gasteiger partial charge in [-0.3, -0.25) is 4.68 Å². The lowest BCUT2D eigenvalue weighted by molar-refractivity contribution is 0.621. The number of aryl methyl sites for hydroxylation is 2. The van der Waals surface area contributed by atoms with E-state index in [1.165, 1.54) is 12.1 Å². The smallest absolute Gasteiger partial charge is 0.124 e. The second-order valence-corrected chi connectivity index (χ2v) is 4.39. The van der Waals surface area contributed by atoms with Crippen LogP contribution < -0.4 is 5.73 Å². The van der Waals surface area contributed by atoms with Crippen LogP contribution in [0.25, 0.3) is 0 Å². The largest absolute Gasteiger partial charge is 0.320 e. The Kier molecular flexibility index (Phi) is 3.98. The molecule has 0 aliphatic heterocycles. The van der Waals surface area contributed by atoms with Gasteiger partial charge in [0.2, 0.25) is 0 Å². The number of nitrogens with two attached hydrogens (primary N) is 1. The summed E-state index contributed by atoms with van der Waals surface area (Å²) in [4.78, 5) is 0. The van der Waals surface area contributed by atoms with E-state index in [1.54, 1.807) is 6.07 Å². The van der Waals surface area contributed by atoms with Gasteiger partial charge in [0, 0.05) is 11.3 Å². The van der Waals surface area contributed by atoms with Crippen LogP contribution in [0.3, 0.4) is 0 Å². The summed E-state index contributed by atoms with van der Waals surface area (Å²) in [6.45, 7) is 4.78. The zero-order valence-electron chi connectivity index (χ0n) is 11.1. The van der Waals surface area contributed by atoms with Crippen molar-refractivity contribution < 1.29 is 4.39 Å². The molecule has 4 heteroatoms. The minimum absolute atomic E-state index is 0.260. The molecule has 0 unspecified atom stereocenters. The van der Waals surface area contributed by atoms with Crippen molar-refractivity contribution in [3.8, 4) is 11.8 Å². The highest BCUT2D eigenvalue weighted by Gasteiger charge is 2.06. The first-order valence-corrected chi connectivity index (χ1v) is 6.08. The van der Waals surface area contributed by atoms with Crippen LogP contribution in [-0.4, -0.2) is 16.3 Å². The minimum Gasteiger partial charge on any atom is -0.320 e. The molecule has 1 heterocycles. The molecule has 0 atom stereocenters. The van der Waals surface area contributed by atoms with Crippen molar-refractivity contribution in [1.29, 1.82) is 0 Å². The highest BCUT2D eigenvalue weighted by Crippen LogP contribution is 2.13. The van der Waals surface area contributed by atoms with E-state index in [4.69, 9.17) is 5.73 Å². The summed E-state index contributed by atoms with van der Waals surface area (Å²) in [5, 5.41) is 4.40. The quantitative estimate of drug-likeness (QED) is 0.836. The van der Waals surface area contributed by atoms with E-state index in [0.717, 1.165) is 17.0 Å². The van der Waals surface area contributed by atoms with E-state index in [-0.39, 0.29) is 12.4 Å². The number of rotatable bonds is 2. The van der Waals surface area contributed by atoms with Gasteiger partial charge in [0.05, 0.1) is 18.8 Å². The average Bonchev–Trinajstić information content (AvgIpc) is 2.68. The predicted molar refractivity (Wildman–Crippen MR) is 73.1 cm³/mol. The van der Waals surface area contributed by atoms with Crippen LogP contribution >= 0.6 is 0 Å². The molecular formula is C15H16FN3. The molecule has 3 nitrogen and oxygen atoms in total. The van der Waals surface area contributed by atoms with E-state index in [0.29, 0.717) is 12.1 Å². The van der Waals surface area contributed by atoms with Gasteiger partial charge in [-0.1, -0.05) is 17.9 Å². The van der Waals surface area contributed by atoms with Crippen molar-refractivity contribution in [3.63, 3.8) is 0 Å². The van der Waals surface area contributed by atoms with Crippen LogP contribution in [0.2, 0.25) is 0 Å². The van der Waals surface area contributed by atoms with Crippen molar-refractivity contribution in [3.05, 3.63) is 52.6 Å². The Morgan fingerprint density at radius 1 is 1.32 bits per heavy atom. The van der Waals surface area contributed by atoms with Crippen LogP contribution in [-0.2, 0) is 6.54 Å². The molecule has 1 aromatic carbocycles. The second-order valence-electron chi connectivity index (χ2n) is 4.39. The Labute approximate surface area is 112 Å². The molecule has 0 saturated carbocycles. The molecule has 0 fully saturated rings. The van der Waals surface area contributed by atoms with Gasteiger partial charge in [-0.05, 0) is 37.6 Å². The fourth-order valence-corrected chi connectivity index (χ4v) is 1.95. The normalized spacial score (nSPS) is 10.1. The molecule has 1 aromatic heterocycles. The number of hydrogen-bond acceptors (Lipinski definition) is 2. The monoisotopic (exact) mass is 257 g/mol. The van der Waals surface area contributed by atoms with Gasteiger partial charge in [0.25, 0.3) is 0 Å². The number of halogens is 1. The lowest BCUT2D eigenvalue weighted by Gasteiger charge is -2.07. The van der Waals surface area contributed by atoms with E-state index >= 15 is 0 Å². The summed E-state index contributed by atoms with van der Waals surface area (Å²) in [5.41, 5.74) is 9.00. The maximum absolute atomic E-state index is 13.3. The molecule has 2 aromatic rings. The van der Waals surface area contributed by atoms with Gasteiger partial charge < -0.3 is 5.73 Å². The molecule has 2 rings (SSSR count). The fourth-order valence-electron chi connectivity index (χ4n) is 1.95. The summed E-state index contributed by atoms with van der Waals surface area (Å²) in [7, 11) is 0. The first-order chi connectivity index (χ1) is 9.10. The first-order valence-electron chi connectivity index (χ1n) is 6.08. The number of aromatic nitrogens is 2. The maximum Gasteiger partial charge on any atom is 0.124 e. The molecule has 19 heavy (non-hydrogen) atoms. The molecule has 0 spiro atoms. The topological polar surface area (TPSA) is 43.8 Å². The first kappa shape index (κ1) is 13.3. The van der Waals surface area contributed by atoms with Crippen LogP contribution in [0.5, 0.6) is 0 Å². The molecule has 0 saturated heterocycles. The number of hydrogen-bond donors (Lipinski definition) is 1. The van der Waals surface area contributed by atoms with Crippen LogP contribution in [0, 0.1) is 31.5 Å². The lowest BCUT2D eigenvalue weighted by Crippen LogP contribution is -2.06. The summed E-state index contributed by atoms with van der Waals surface area (Å²) in [6.07, 6.45) is 0. The summed E-state index contributed by atoms with van der Waals surface area (Å²) in [5.74, 6) is 5.37. The van der Waals surface area contributed by atoms with Gasteiger partial charge in [-0.2, -0.15) is 5.10 Å². The number of nitrogens with zero attached hydrogens (tertiary/aromatic N) is 2. The second kappa shape index (κ2) is 5.68. The van der Waals surface area contributed by atoms with E-state index in [9.17, 15) is 4.39 Å². The summed E-state index contributed by atoms with van der Waals surface area (Å²) >= 11 is 0. The van der Waals surface area contributed by atoms with Crippen molar-refractivity contribution in [2.24, 2.45) is 5.73 Å². The van der Waals surface area contributed by atoms with Crippen LogP contribution in [0.1, 0.15) is 22.5 Å². The van der Waals surface area contributed by atoms with Crippen LogP contribution in [0.4, 0.5) is 4.39 Å². The Bertz CT molecular complexity index is 647. The van der Waals surface area contributed by atoms with Gasteiger partial charge >= 0.3 is 0 Å². The van der Waals surface area contributed by atoms with E-state index in [1.807, 2.05) is 24.6 Å². The maximum atomic E-state index is 13.3. The molecular weight excluding hydrogens is 241 g/mol. The lowest BCUT2D eigenvalue weighted by atomic mass is 10.1. The average molecular weight is 257 g/mol. The molecule has 0 bridgehead atoms. The van der Waals surface area contributed by atoms with Gasteiger partial charge in [-0.25, -0.2) is 4.39 Å². The van der Waals surface area contributed by atoms with Gasteiger partial charge in [0.15, 0.2) is 0 Å². The minimum atomic E-state index is -0.293. The third-order valence-electron chi connectivity index (χ3n) is 2.82. The van der Waals surface area contributed by atoms with E-state index in [2.05, 4.69) is 16.9 Å². The summed E-state index contributed by atoms with van der Waals surface area (Å²) in [6, 6.07) is 6.62. The van der Waals surface area contributed by atoms with Gasteiger partial charge in [0.1, 0.15) is 5.82 Å². The predicted octanol–water partition coefficient (Wildman–Crippen LogP) is 2.00. The zero-order chi connectivity index (χ0) is 13.8. The molecule has 98 valence electrons. The van der Waals surface area contributed by atoms with Crippen molar-refractivity contribution in [1.82, 2.24) is 9.78 Å². The number of benzene rings is 1. The standard InChI is InChI=1S/C15H16FN3/c1-11-8-12(2)19(18-11)10-14-5-6-15(16)9-13(14)4-3-7-17/h5-6,8-9H,7,10,17H2,1-2H3. The zero-order valence-corrected chi connectivity index (χ0v) is 11.1. The molecule has 0 aliphatic rings. The molecule has 2 N–H and O–H groups in total. The Morgan fingerprint density at radius 3 is 2.74 bits per heavy atom. The Morgan fingerprint density at radius 2 is 2.11 bits per heavy atom.